The van der Waals surface area contributed by atoms with E-state index < -0.39 is 0 Å². The van der Waals surface area contributed by atoms with Crippen molar-refractivity contribution in [2.75, 3.05) is 30.3 Å². The molecule has 118 valence electrons. The van der Waals surface area contributed by atoms with Crippen LogP contribution in [0.4, 0.5) is 11.4 Å². The second-order valence-electron chi connectivity index (χ2n) is 5.17. The van der Waals surface area contributed by atoms with Gasteiger partial charge in [-0.1, -0.05) is 31.9 Å². The van der Waals surface area contributed by atoms with Crippen molar-refractivity contribution in [2.24, 2.45) is 5.92 Å². The molecular formula is C16H25ClN2O2. The molecule has 0 aliphatic heterocycles. The lowest BCUT2D eigenvalue weighted by Crippen LogP contribution is -2.30. The molecule has 0 saturated carbocycles. The van der Waals surface area contributed by atoms with Crippen LogP contribution in [-0.4, -0.2) is 25.7 Å². The largest absolute Gasteiger partial charge is 0.462 e. The first-order valence-electron chi connectivity index (χ1n) is 7.45. The number of hydrogen-bond acceptors (Lipinski definition) is 4. The van der Waals surface area contributed by atoms with Gasteiger partial charge in [0.2, 0.25) is 0 Å². The molecule has 0 aromatic heterocycles. The zero-order chi connectivity index (χ0) is 16.0. The molecule has 4 nitrogen and oxygen atoms in total. The summed E-state index contributed by atoms with van der Waals surface area (Å²) < 4.78 is 5.12. The summed E-state index contributed by atoms with van der Waals surface area (Å²) in [6.45, 7) is 10.1. The van der Waals surface area contributed by atoms with E-state index in [9.17, 15) is 4.79 Å². The quantitative estimate of drug-likeness (QED) is 0.611. The van der Waals surface area contributed by atoms with Crippen LogP contribution in [0.15, 0.2) is 12.1 Å². The number of rotatable bonds is 7. The molecular weight excluding hydrogens is 288 g/mol. The van der Waals surface area contributed by atoms with E-state index in [1.165, 1.54) is 0 Å². The third kappa shape index (κ3) is 4.53. The van der Waals surface area contributed by atoms with E-state index >= 15 is 0 Å². The highest BCUT2D eigenvalue weighted by atomic mass is 35.5. The summed E-state index contributed by atoms with van der Waals surface area (Å²) >= 11 is 6.35. The average Bonchev–Trinajstić information content (AvgIpc) is 2.44. The zero-order valence-electron chi connectivity index (χ0n) is 13.3. The van der Waals surface area contributed by atoms with Crippen molar-refractivity contribution in [3.05, 3.63) is 22.7 Å². The Hall–Kier alpha value is -1.42. The normalized spacial score (nSPS) is 12.0. The SMILES string of the molecule is CCOC(=O)c1cc(N)cc(Cl)c1N(CC)CC(C)CC. The van der Waals surface area contributed by atoms with Crippen LogP contribution >= 0.6 is 11.6 Å². The van der Waals surface area contributed by atoms with Gasteiger partial charge < -0.3 is 15.4 Å². The first-order valence-corrected chi connectivity index (χ1v) is 7.83. The monoisotopic (exact) mass is 312 g/mol. The summed E-state index contributed by atoms with van der Waals surface area (Å²) in [6.07, 6.45) is 1.07. The summed E-state index contributed by atoms with van der Waals surface area (Å²) in [5.74, 6) is 0.123. The maximum atomic E-state index is 12.2. The van der Waals surface area contributed by atoms with E-state index in [4.69, 9.17) is 22.1 Å². The van der Waals surface area contributed by atoms with Gasteiger partial charge in [-0.25, -0.2) is 4.79 Å². The third-order valence-electron chi connectivity index (χ3n) is 3.51. The van der Waals surface area contributed by atoms with E-state index in [-0.39, 0.29) is 5.97 Å². The standard InChI is InChI=1S/C16H25ClN2O2/c1-5-11(4)10-19(6-2)15-13(16(20)21-7-3)8-12(18)9-14(15)17/h8-9,11H,5-7,10,18H2,1-4H3. The molecule has 0 heterocycles. The van der Waals surface area contributed by atoms with Crippen LogP contribution in [0, 0.1) is 5.92 Å². The van der Waals surface area contributed by atoms with Gasteiger partial charge in [-0.05, 0) is 31.9 Å². The van der Waals surface area contributed by atoms with Gasteiger partial charge in [0.1, 0.15) is 0 Å². The molecule has 0 spiro atoms. The van der Waals surface area contributed by atoms with Crippen LogP contribution in [0.25, 0.3) is 0 Å². The van der Waals surface area contributed by atoms with E-state index in [2.05, 4.69) is 18.7 Å². The van der Waals surface area contributed by atoms with Gasteiger partial charge in [-0.2, -0.15) is 0 Å². The van der Waals surface area contributed by atoms with Crippen LogP contribution in [0.1, 0.15) is 44.5 Å². The Bertz CT molecular complexity index is 491. The molecule has 0 bridgehead atoms. The Morgan fingerprint density at radius 2 is 2.05 bits per heavy atom. The average molecular weight is 313 g/mol. The second-order valence-corrected chi connectivity index (χ2v) is 5.58. The van der Waals surface area contributed by atoms with Crippen LogP contribution < -0.4 is 10.6 Å². The highest BCUT2D eigenvalue weighted by molar-refractivity contribution is 6.34. The number of benzene rings is 1. The lowest BCUT2D eigenvalue weighted by atomic mass is 10.1. The predicted molar refractivity (Wildman–Crippen MR) is 89.2 cm³/mol. The molecule has 0 aliphatic rings. The van der Waals surface area contributed by atoms with E-state index in [0.717, 1.165) is 19.5 Å². The number of anilines is 2. The molecule has 0 saturated heterocycles. The molecule has 1 rings (SSSR count). The van der Waals surface area contributed by atoms with Crippen LogP contribution in [0.3, 0.4) is 0 Å². The lowest BCUT2D eigenvalue weighted by Gasteiger charge is -2.29. The van der Waals surface area contributed by atoms with E-state index in [1.807, 2.05) is 6.92 Å². The van der Waals surface area contributed by atoms with Gasteiger partial charge in [-0.15, -0.1) is 0 Å². The van der Waals surface area contributed by atoms with Gasteiger partial charge in [0.15, 0.2) is 0 Å². The van der Waals surface area contributed by atoms with Gasteiger partial charge in [0.05, 0.1) is 22.9 Å². The maximum absolute atomic E-state index is 12.2. The Balaban J connectivity index is 3.27. The number of nitrogens with two attached hydrogens (primary N) is 1. The molecule has 5 heteroatoms. The fraction of sp³-hybridized carbons (Fsp3) is 0.562. The molecule has 0 radical (unpaired) electrons. The Kier molecular flexibility index (Phi) is 6.82. The number of carbonyl (C=O) groups excluding carboxylic acids is 1. The zero-order valence-corrected chi connectivity index (χ0v) is 14.0. The minimum atomic E-state index is -0.385. The molecule has 1 aromatic carbocycles. The van der Waals surface area contributed by atoms with Crippen molar-refractivity contribution in [1.29, 1.82) is 0 Å². The smallest absolute Gasteiger partial charge is 0.340 e. The van der Waals surface area contributed by atoms with Gasteiger partial charge in [-0.3, -0.25) is 0 Å². The van der Waals surface area contributed by atoms with Crippen LogP contribution in [0.2, 0.25) is 5.02 Å². The Morgan fingerprint density at radius 3 is 2.57 bits per heavy atom. The minimum Gasteiger partial charge on any atom is -0.462 e. The summed E-state index contributed by atoms with van der Waals surface area (Å²) in [5.41, 5.74) is 7.44. The predicted octanol–water partition coefficient (Wildman–Crippen LogP) is 3.97. The molecule has 2 N–H and O–H groups in total. The van der Waals surface area contributed by atoms with Crippen molar-refractivity contribution in [2.45, 2.75) is 34.1 Å². The molecule has 21 heavy (non-hydrogen) atoms. The van der Waals surface area contributed by atoms with Crippen molar-refractivity contribution >= 4 is 28.9 Å². The Morgan fingerprint density at radius 1 is 1.38 bits per heavy atom. The van der Waals surface area contributed by atoms with Gasteiger partial charge in [0, 0.05) is 18.8 Å². The molecule has 0 fully saturated rings. The minimum absolute atomic E-state index is 0.322. The topological polar surface area (TPSA) is 55.6 Å². The van der Waals surface area contributed by atoms with Gasteiger partial charge in [0.25, 0.3) is 0 Å². The number of halogens is 1. The van der Waals surface area contributed by atoms with E-state index in [1.54, 1.807) is 19.1 Å². The van der Waals surface area contributed by atoms with Crippen molar-refractivity contribution in [1.82, 2.24) is 0 Å². The summed E-state index contributed by atoms with van der Waals surface area (Å²) in [7, 11) is 0. The van der Waals surface area contributed by atoms with Crippen LogP contribution in [0.5, 0.6) is 0 Å². The highest BCUT2D eigenvalue weighted by Gasteiger charge is 2.22. The third-order valence-corrected chi connectivity index (χ3v) is 3.80. The van der Waals surface area contributed by atoms with E-state index in [0.29, 0.717) is 34.5 Å². The molecule has 1 unspecified atom stereocenters. The molecule has 0 amide bonds. The lowest BCUT2D eigenvalue weighted by molar-refractivity contribution is 0.0527. The van der Waals surface area contributed by atoms with Crippen LogP contribution in [-0.2, 0) is 4.74 Å². The number of carbonyl (C=O) groups is 1. The number of ether oxygens (including phenoxy) is 1. The second kappa shape index (κ2) is 8.13. The Labute approximate surface area is 132 Å². The number of nitrogen functional groups attached to an aromatic ring is 1. The van der Waals surface area contributed by atoms with Crippen molar-refractivity contribution in [3.63, 3.8) is 0 Å². The highest BCUT2D eigenvalue weighted by Crippen LogP contribution is 2.33. The van der Waals surface area contributed by atoms with Crippen molar-refractivity contribution < 1.29 is 9.53 Å². The number of nitrogens with zero attached hydrogens (tertiary/aromatic N) is 1. The maximum Gasteiger partial charge on any atom is 0.340 e. The number of esters is 1. The fourth-order valence-corrected chi connectivity index (χ4v) is 2.54. The first-order chi connectivity index (χ1) is 9.94. The summed E-state index contributed by atoms with van der Waals surface area (Å²) in [4.78, 5) is 14.3. The number of hydrogen-bond donors (Lipinski definition) is 1. The van der Waals surface area contributed by atoms with Crippen molar-refractivity contribution in [3.8, 4) is 0 Å². The van der Waals surface area contributed by atoms with Gasteiger partial charge >= 0.3 is 5.97 Å². The fourth-order valence-electron chi connectivity index (χ4n) is 2.19. The summed E-state index contributed by atoms with van der Waals surface area (Å²) in [5, 5.41) is 0.489. The summed E-state index contributed by atoms with van der Waals surface area (Å²) in [6, 6.07) is 3.32. The molecule has 1 aromatic rings. The molecule has 1 atom stereocenters. The first kappa shape index (κ1) is 17.6. The molecule has 0 aliphatic carbocycles.